The highest BCUT2D eigenvalue weighted by Crippen LogP contribution is 2.46. The van der Waals surface area contributed by atoms with E-state index < -0.39 is 35.9 Å². The number of hydrogen-bond donors (Lipinski definition) is 3. The van der Waals surface area contributed by atoms with E-state index in [1.807, 2.05) is 23.9 Å². The molecule has 0 bridgehead atoms. The lowest BCUT2D eigenvalue weighted by atomic mass is 9.92. The fourth-order valence-electron chi connectivity index (χ4n) is 9.96. The van der Waals surface area contributed by atoms with Crippen molar-refractivity contribution in [3.05, 3.63) is 64.5 Å². The van der Waals surface area contributed by atoms with Gasteiger partial charge in [0.2, 0.25) is 23.5 Å². The molecule has 326 valence electrons. The van der Waals surface area contributed by atoms with Crippen molar-refractivity contribution in [3.63, 3.8) is 0 Å². The van der Waals surface area contributed by atoms with Crippen LogP contribution < -0.4 is 36.0 Å². The van der Waals surface area contributed by atoms with Crippen LogP contribution in [-0.2, 0) is 23.7 Å². The number of imide groups is 1. The van der Waals surface area contributed by atoms with E-state index in [1.165, 1.54) is 4.57 Å². The van der Waals surface area contributed by atoms with E-state index in [-0.39, 0.29) is 35.0 Å². The molecule has 7 heterocycles. The number of piperazine rings is 1. The van der Waals surface area contributed by atoms with Gasteiger partial charge in [0, 0.05) is 82.3 Å². The molecule has 5 aliphatic rings. The number of anilines is 5. The number of rotatable bonds is 8. The van der Waals surface area contributed by atoms with Crippen molar-refractivity contribution >= 4 is 62.4 Å². The summed E-state index contributed by atoms with van der Waals surface area (Å²) >= 11 is 0. The zero-order chi connectivity index (χ0) is 43.0. The number of hydrogen-bond acceptors (Lipinski definition) is 12. The zero-order valence-electron chi connectivity index (χ0n) is 35.0. The Bertz CT molecular complexity index is 2660. The molecule has 0 spiro atoms. The molecule has 2 aromatic carbocycles. The number of halogens is 3. The van der Waals surface area contributed by atoms with Gasteiger partial charge in [-0.25, -0.2) is 18.2 Å². The van der Waals surface area contributed by atoms with Crippen molar-refractivity contribution in [2.45, 2.75) is 69.4 Å². The number of carbonyl (C=O) groups is 2. The molecule has 5 aromatic rings. The van der Waals surface area contributed by atoms with E-state index in [4.69, 9.17) is 9.84 Å². The van der Waals surface area contributed by atoms with Crippen molar-refractivity contribution in [1.82, 2.24) is 34.5 Å². The number of aromatic nitrogens is 5. The Hall–Kier alpha value is -5.91. The van der Waals surface area contributed by atoms with E-state index in [0.29, 0.717) is 65.9 Å². The van der Waals surface area contributed by atoms with E-state index >= 15 is 13.2 Å². The number of carbonyl (C=O) groups excluding carboxylic acids is 2. The minimum absolute atomic E-state index is 0.0142. The summed E-state index contributed by atoms with van der Waals surface area (Å²) in [6, 6.07) is 10.4. The second-order valence-corrected chi connectivity index (χ2v) is 17.7. The summed E-state index contributed by atoms with van der Waals surface area (Å²) in [6.07, 6.45) is 5.12. The van der Waals surface area contributed by atoms with E-state index in [1.54, 1.807) is 25.2 Å². The fourth-order valence-corrected chi connectivity index (χ4v) is 9.96. The average Bonchev–Trinajstić information content (AvgIpc) is 4.06. The molecule has 0 radical (unpaired) electrons. The molecule has 2 amide bonds. The number of nitrogens with one attached hydrogen (secondary N) is 3. The molecule has 18 heteroatoms. The highest BCUT2D eigenvalue weighted by Gasteiger charge is 2.51. The summed E-state index contributed by atoms with van der Waals surface area (Å²) in [6.45, 7) is 6.36. The topological polar surface area (TPSA) is 155 Å². The molecule has 15 nitrogen and oxygen atoms in total. The predicted molar refractivity (Wildman–Crippen MR) is 229 cm³/mol. The first-order chi connectivity index (χ1) is 29.8. The van der Waals surface area contributed by atoms with Gasteiger partial charge < -0.3 is 29.7 Å². The highest BCUT2D eigenvalue weighted by molar-refractivity contribution is 6.04. The fraction of sp³-hybridized carbons (Fsp3) is 0.500. The maximum atomic E-state index is 15.3. The van der Waals surface area contributed by atoms with Crippen LogP contribution in [0.5, 0.6) is 5.75 Å². The summed E-state index contributed by atoms with van der Waals surface area (Å²) in [5, 5.41) is 14.8. The van der Waals surface area contributed by atoms with Gasteiger partial charge in [0.15, 0.2) is 18.2 Å². The predicted octanol–water partition coefficient (Wildman–Crippen LogP) is 5.26. The van der Waals surface area contributed by atoms with Gasteiger partial charge in [-0.3, -0.25) is 29.3 Å². The SMILES string of the molecule is C[C@H]1CN(c2cccc3c(C4CCC(=O)NC4=O)nn(C)c23)CCN1CC1CCN(c2ncc(F)c(Nc3ccc4c(c3)c3c(c(=O)n4C)OCC(F)(F)[C@H](C4CC4)N3)n2)CC1. The van der Waals surface area contributed by atoms with Gasteiger partial charge in [-0.05, 0) is 75.1 Å². The third-order valence-corrected chi connectivity index (χ3v) is 13.5. The van der Waals surface area contributed by atoms with Crippen molar-refractivity contribution in [3.8, 4) is 5.75 Å². The molecule has 3 aromatic heterocycles. The minimum atomic E-state index is -3.16. The minimum Gasteiger partial charge on any atom is -0.480 e. The van der Waals surface area contributed by atoms with Crippen molar-refractivity contribution < 1.29 is 27.5 Å². The van der Waals surface area contributed by atoms with Gasteiger partial charge in [0.05, 0.1) is 46.3 Å². The molecule has 1 aliphatic carbocycles. The van der Waals surface area contributed by atoms with Gasteiger partial charge in [-0.15, -0.1) is 0 Å². The van der Waals surface area contributed by atoms with E-state index in [0.717, 1.165) is 74.9 Å². The standard InChI is InChI=1S/C44H50F3N11O4/c1-24-21-58(33-6-4-5-28-35(53-55(3)37(28)33)29-10-12-34(59)50-41(29)60)18-17-57(24)22-25-13-15-56(16-14-25)43-48-20-31(45)40(52-43)49-27-9-11-32-30(19-27)36-38(42(61)54(32)2)62-23-44(46,47)39(51-36)26-7-8-26/h4-6,9,11,19-20,24-26,29,39,51H,7-8,10,12-18,21-23H2,1-3H3,(H,48,49,52)(H,50,59,60)/t24-,29?,39-/m0/s1. The van der Waals surface area contributed by atoms with Crippen molar-refractivity contribution in [2.75, 3.05) is 66.3 Å². The second-order valence-electron chi connectivity index (χ2n) is 17.7. The van der Waals surface area contributed by atoms with Gasteiger partial charge in [-0.1, -0.05) is 12.1 Å². The van der Waals surface area contributed by atoms with Crippen LogP contribution in [0, 0.1) is 17.7 Å². The smallest absolute Gasteiger partial charge is 0.301 e. The quantitative estimate of drug-likeness (QED) is 0.175. The van der Waals surface area contributed by atoms with E-state index in [9.17, 15) is 14.4 Å². The van der Waals surface area contributed by atoms with Crippen LogP contribution >= 0.6 is 0 Å². The Morgan fingerprint density at radius 1 is 0.968 bits per heavy atom. The van der Waals surface area contributed by atoms with Crippen LogP contribution in [0.25, 0.3) is 21.8 Å². The molecular formula is C44H50F3N11O4. The highest BCUT2D eigenvalue weighted by atomic mass is 19.3. The molecule has 1 unspecified atom stereocenters. The van der Waals surface area contributed by atoms with Gasteiger partial charge in [0.25, 0.3) is 5.56 Å². The van der Waals surface area contributed by atoms with Crippen LogP contribution in [0.4, 0.5) is 42.0 Å². The van der Waals surface area contributed by atoms with Crippen LogP contribution in [0.2, 0.25) is 0 Å². The monoisotopic (exact) mass is 853 g/mol. The van der Waals surface area contributed by atoms with Crippen LogP contribution in [0.15, 0.2) is 47.4 Å². The largest absolute Gasteiger partial charge is 0.480 e. The van der Waals surface area contributed by atoms with Gasteiger partial charge in [-0.2, -0.15) is 10.1 Å². The number of amides is 2. The summed E-state index contributed by atoms with van der Waals surface area (Å²) in [4.78, 5) is 53.8. The molecule has 10 rings (SSSR count). The summed E-state index contributed by atoms with van der Waals surface area (Å²) in [5.41, 5.74) is 3.48. The molecule has 4 fully saturated rings. The maximum absolute atomic E-state index is 15.3. The Kier molecular flexibility index (Phi) is 10.0. The Balaban J connectivity index is 0.788. The Labute approximate surface area is 355 Å². The first-order valence-electron chi connectivity index (χ1n) is 21.6. The molecule has 62 heavy (non-hydrogen) atoms. The number of benzene rings is 2. The molecule has 1 saturated carbocycles. The third-order valence-electron chi connectivity index (χ3n) is 13.5. The lowest BCUT2D eigenvalue weighted by molar-refractivity contribution is -0.134. The van der Waals surface area contributed by atoms with Crippen LogP contribution in [0.1, 0.15) is 57.1 Å². The molecule has 3 atom stereocenters. The Morgan fingerprint density at radius 2 is 1.77 bits per heavy atom. The molecular weight excluding hydrogens is 804 g/mol. The number of para-hydroxylation sites is 1. The van der Waals surface area contributed by atoms with Crippen LogP contribution in [-0.4, -0.2) is 105 Å². The summed E-state index contributed by atoms with van der Waals surface area (Å²) in [7, 11) is 3.48. The summed E-state index contributed by atoms with van der Waals surface area (Å²) in [5.74, 6) is -4.28. The van der Waals surface area contributed by atoms with E-state index in [2.05, 4.69) is 53.6 Å². The Morgan fingerprint density at radius 3 is 2.53 bits per heavy atom. The van der Waals surface area contributed by atoms with Crippen molar-refractivity contribution in [1.29, 1.82) is 0 Å². The zero-order valence-corrected chi connectivity index (χ0v) is 35.0. The number of pyridine rings is 1. The number of fused-ring (bicyclic) bond motifs is 4. The van der Waals surface area contributed by atoms with Crippen molar-refractivity contribution in [2.24, 2.45) is 25.9 Å². The molecule has 4 aliphatic heterocycles. The first kappa shape index (κ1) is 40.2. The average molecular weight is 854 g/mol. The molecule has 3 N–H and O–H groups in total. The number of alkyl halides is 2. The number of aryl methyl sites for hydroxylation is 2. The first-order valence-corrected chi connectivity index (χ1v) is 21.6. The lowest BCUT2D eigenvalue weighted by Gasteiger charge is -2.43. The number of nitrogens with zero attached hydrogens (tertiary/aromatic N) is 8. The van der Waals surface area contributed by atoms with Gasteiger partial charge >= 0.3 is 5.92 Å². The van der Waals surface area contributed by atoms with Crippen LogP contribution in [0.3, 0.4) is 0 Å². The third kappa shape index (κ3) is 7.24. The number of piperidine rings is 2. The maximum Gasteiger partial charge on any atom is 0.301 e. The lowest BCUT2D eigenvalue weighted by Crippen LogP contribution is -2.54. The molecule has 3 saturated heterocycles. The number of ether oxygens (including phenoxy) is 1. The second kappa shape index (κ2) is 15.5. The normalized spacial score (nSPS) is 23.5. The summed E-state index contributed by atoms with van der Waals surface area (Å²) < 4.78 is 54.3. The van der Waals surface area contributed by atoms with Gasteiger partial charge in [0.1, 0.15) is 0 Å².